The van der Waals surface area contributed by atoms with Crippen LogP contribution in [0.1, 0.15) is 0 Å². The molecule has 3 nitrogen and oxygen atoms in total. The number of hydrogen-bond acceptors (Lipinski definition) is 3. The number of nitrogens with one attached hydrogen (secondary N) is 1. The quantitative estimate of drug-likeness (QED) is 0.614. The average Bonchev–Trinajstić information content (AvgIpc) is 2.92. The molecule has 1 heterocycles. The van der Waals surface area contributed by atoms with Crippen LogP contribution in [0.2, 0.25) is 10.0 Å². The summed E-state index contributed by atoms with van der Waals surface area (Å²) in [5, 5.41) is 5.25. The first-order valence-electron chi connectivity index (χ1n) is 6.75. The van der Waals surface area contributed by atoms with Crippen LogP contribution in [0, 0.1) is 0 Å². The van der Waals surface area contributed by atoms with E-state index in [2.05, 4.69) is 10.3 Å². The van der Waals surface area contributed by atoms with Gasteiger partial charge in [-0.25, -0.2) is 0 Å². The number of rotatable bonds is 4. The Bertz CT molecular complexity index is 872. The lowest BCUT2D eigenvalue weighted by atomic mass is 10.2. The maximum Gasteiger partial charge on any atom is 0.350 e. The number of aromatic nitrogens is 2. The molecule has 0 spiro atoms. The third-order valence-electron chi connectivity index (χ3n) is 3.01. The van der Waals surface area contributed by atoms with E-state index in [1.165, 1.54) is 11.5 Å². The Kier molecular flexibility index (Phi) is 7.37. The van der Waals surface area contributed by atoms with E-state index in [1.54, 1.807) is 34.4 Å². The number of halogens is 5. The van der Waals surface area contributed by atoms with Crippen LogP contribution < -0.4 is 21.7 Å². The van der Waals surface area contributed by atoms with Gasteiger partial charge in [-0.3, -0.25) is 0 Å². The highest BCUT2D eigenvalue weighted by atomic mass is 35.5. The fourth-order valence-electron chi connectivity index (χ4n) is 1.98. The lowest BCUT2D eigenvalue weighted by Gasteiger charge is -1.97. The summed E-state index contributed by atoms with van der Waals surface area (Å²) < 4.78 is 1.92. The summed E-state index contributed by atoms with van der Waals surface area (Å²) in [6, 6.07) is 14.7. The molecule has 0 aliphatic heterocycles. The van der Waals surface area contributed by atoms with Gasteiger partial charge in [0.25, 0.3) is 0 Å². The fraction of sp³-hybridized carbons (Fsp3) is 0. The van der Waals surface area contributed by atoms with Crippen LogP contribution in [0.15, 0.2) is 53.0 Å². The minimum absolute atomic E-state index is 0. The summed E-state index contributed by atoms with van der Waals surface area (Å²) in [7, 11) is 0. The molecule has 1 aromatic heterocycles. The number of benzene rings is 2. The van der Waals surface area contributed by atoms with Crippen LogP contribution in [0.4, 0.5) is 10.8 Å². The normalized spacial score (nSPS) is 10.1. The van der Waals surface area contributed by atoms with E-state index in [9.17, 15) is 0 Å². The van der Waals surface area contributed by atoms with Crippen molar-refractivity contribution in [3.8, 4) is 11.4 Å². The topological polar surface area (TPSA) is 28.8 Å². The lowest BCUT2D eigenvalue weighted by Crippen LogP contribution is -3.00. The van der Waals surface area contributed by atoms with E-state index >= 15 is 0 Å². The fourth-order valence-corrected chi connectivity index (χ4v) is 3.41. The van der Waals surface area contributed by atoms with E-state index < -0.39 is 0 Å². The molecule has 0 unspecified atom stereocenters. The standard InChI is InChI=1S/C16H9Cl4N3S.ClH/c17-11-3-1-10(2-4-11)15-22-16(24-23(15)9-14(19)20)21-13-7-5-12(18)6-8-13;/h1-9H;1H. The van der Waals surface area contributed by atoms with E-state index in [0.717, 1.165) is 11.3 Å². The second-order valence-corrected chi connectivity index (χ2v) is 7.56. The summed E-state index contributed by atoms with van der Waals surface area (Å²) in [5.74, 6) is 0.701. The Morgan fingerprint density at radius 3 is 2.08 bits per heavy atom. The molecular formula is C16H10Cl5N3S. The molecule has 0 saturated carbocycles. The molecule has 2 aromatic carbocycles. The van der Waals surface area contributed by atoms with Crippen molar-refractivity contribution in [2.75, 3.05) is 5.32 Å². The molecule has 0 aliphatic carbocycles. The summed E-state index contributed by atoms with van der Waals surface area (Å²) in [4.78, 5) is 4.61. The summed E-state index contributed by atoms with van der Waals surface area (Å²) in [6.07, 6.45) is 1.59. The van der Waals surface area contributed by atoms with E-state index in [1.807, 2.05) is 24.3 Å². The minimum Gasteiger partial charge on any atom is -1.00 e. The predicted octanol–water partition coefficient (Wildman–Crippen LogP) is 3.39. The van der Waals surface area contributed by atoms with Crippen molar-refractivity contribution in [2.45, 2.75) is 0 Å². The van der Waals surface area contributed by atoms with Crippen molar-refractivity contribution in [2.24, 2.45) is 0 Å². The molecule has 0 aliphatic rings. The molecule has 1 N–H and O–H groups in total. The van der Waals surface area contributed by atoms with Crippen molar-refractivity contribution in [1.29, 1.82) is 0 Å². The molecule has 0 saturated heterocycles. The van der Waals surface area contributed by atoms with Gasteiger partial charge in [0.05, 0.1) is 5.56 Å². The zero-order valence-electron chi connectivity index (χ0n) is 12.4. The van der Waals surface area contributed by atoms with Gasteiger partial charge in [-0.1, -0.05) is 46.4 Å². The summed E-state index contributed by atoms with van der Waals surface area (Å²) >= 11 is 24.8. The number of anilines is 2. The van der Waals surface area contributed by atoms with Crippen molar-refractivity contribution in [3.05, 3.63) is 63.1 Å². The number of hydrogen-bond donors (Lipinski definition) is 1. The van der Waals surface area contributed by atoms with Crippen molar-refractivity contribution in [1.82, 2.24) is 4.98 Å². The predicted molar refractivity (Wildman–Crippen MR) is 103 cm³/mol. The van der Waals surface area contributed by atoms with Crippen LogP contribution >= 0.6 is 57.9 Å². The average molecular weight is 454 g/mol. The second-order valence-electron chi connectivity index (χ2n) is 4.72. The van der Waals surface area contributed by atoms with Crippen LogP contribution in [0.5, 0.6) is 0 Å². The molecule has 9 heteroatoms. The Labute approximate surface area is 175 Å². The van der Waals surface area contributed by atoms with Crippen molar-refractivity contribution >= 4 is 75.0 Å². The van der Waals surface area contributed by atoms with Gasteiger partial charge in [-0.2, -0.15) is 0 Å². The monoisotopic (exact) mass is 451 g/mol. The zero-order valence-corrected chi connectivity index (χ0v) is 17.0. The largest absolute Gasteiger partial charge is 1.00 e. The molecule has 0 amide bonds. The second kappa shape index (κ2) is 9.08. The first-order valence-corrected chi connectivity index (χ1v) is 9.04. The Hall–Kier alpha value is -1.01. The molecular weight excluding hydrogens is 444 g/mol. The maximum absolute atomic E-state index is 5.95. The van der Waals surface area contributed by atoms with E-state index in [0.29, 0.717) is 21.0 Å². The van der Waals surface area contributed by atoms with E-state index in [4.69, 9.17) is 46.4 Å². The Balaban J connectivity index is 0.00000225. The van der Waals surface area contributed by atoms with Gasteiger partial charge in [0.1, 0.15) is 22.2 Å². The Morgan fingerprint density at radius 1 is 0.960 bits per heavy atom. The summed E-state index contributed by atoms with van der Waals surface area (Å²) in [5.41, 5.74) is 1.77. The molecule has 0 bridgehead atoms. The van der Waals surface area contributed by atoms with Gasteiger partial charge in [0.15, 0.2) is 0 Å². The molecule has 25 heavy (non-hydrogen) atoms. The van der Waals surface area contributed by atoms with Crippen LogP contribution in [-0.4, -0.2) is 4.98 Å². The van der Waals surface area contributed by atoms with E-state index in [-0.39, 0.29) is 16.9 Å². The van der Waals surface area contributed by atoms with Crippen molar-refractivity contribution < 1.29 is 16.4 Å². The molecule has 0 radical (unpaired) electrons. The van der Waals surface area contributed by atoms with Crippen LogP contribution in [0.3, 0.4) is 0 Å². The van der Waals surface area contributed by atoms with Gasteiger partial charge in [-0.15, -0.1) is 3.96 Å². The molecule has 3 aromatic rings. The molecule has 0 atom stereocenters. The van der Waals surface area contributed by atoms with Crippen LogP contribution in [-0.2, 0) is 0 Å². The highest BCUT2D eigenvalue weighted by molar-refractivity contribution is 7.06. The van der Waals surface area contributed by atoms with Crippen LogP contribution in [0.25, 0.3) is 17.6 Å². The first kappa shape index (κ1) is 20.3. The molecule has 3 rings (SSSR count). The highest BCUT2D eigenvalue weighted by Crippen LogP contribution is 2.25. The van der Waals surface area contributed by atoms with Crippen molar-refractivity contribution in [3.63, 3.8) is 0 Å². The smallest absolute Gasteiger partial charge is 0.350 e. The molecule has 130 valence electrons. The third-order valence-corrected chi connectivity index (χ3v) is 4.55. The van der Waals surface area contributed by atoms with Gasteiger partial charge >= 0.3 is 11.0 Å². The SMILES string of the molecule is ClC(Cl)=C[n+]1sc(Nc2ccc(Cl)cc2)nc1-c1ccc(Cl)cc1.[Cl-]. The summed E-state index contributed by atoms with van der Waals surface area (Å²) in [6.45, 7) is 0. The molecule has 0 fully saturated rings. The zero-order chi connectivity index (χ0) is 17.1. The lowest BCUT2D eigenvalue weighted by molar-refractivity contribution is -0.480. The van der Waals surface area contributed by atoms with Gasteiger partial charge in [-0.05, 0) is 53.5 Å². The minimum atomic E-state index is 0. The maximum atomic E-state index is 5.95. The Morgan fingerprint density at radius 2 is 1.52 bits per heavy atom. The van der Waals surface area contributed by atoms with Gasteiger partial charge in [0.2, 0.25) is 0 Å². The van der Waals surface area contributed by atoms with Gasteiger partial charge in [0, 0.05) is 15.7 Å². The van der Waals surface area contributed by atoms with Gasteiger partial charge < -0.3 is 17.7 Å². The third kappa shape index (κ3) is 5.48. The highest BCUT2D eigenvalue weighted by Gasteiger charge is 2.22. The first-order chi connectivity index (χ1) is 11.5. The number of nitrogens with zero attached hydrogens (tertiary/aromatic N) is 2.